The second-order valence-corrected chi connectivity index (χ2v) is 13.5. The number of rotatable bonds is 7. The highest BCUT2D eigenvalue weighted by atomic mass is 127. The molecule has 3 unspecified atom stereocenters. The predicted octanol–water partition coefficient (Wildman–Crippen LogP) is 3.52. The van der Waals surface area contributed by atoms with Gasteiger partial charge in [0.1, 0.15) is 9.02 Å². The topological polar surface area (TPSA) is 107 Å². The van der Waals surface area contributed by atoms with E-state index in [1.54, 1.807) is 6.92 Å². The minimum atomic E-state index is -5.91. The number of halogens is 4. The lowest BCUT2D eigenvalue weighted by Gasteiger charge is -2.61. The maximum atomic E-state index is 13.5. The summed E-state index contributed by atoms with van der Waals surface area (Å²) in [6, 6.07) is 0. The van der Waals surface area contributed by atoms with E-state index in [0.717, 1.165) is 6.42 Å². The van der Waals surface area contributed by atoms with Gasteiger partial charge in [-0.15, -0.1) is 0 Å². The Kier molecular flexibility index (Phi) is 6.28. The lowest BCUT2D eigenvalue weighted by Crippen LogP contribution is -2.60. The molecule has 7 nitrogen and oxygen atoms in total. The fourth-order valence-electron chi connectivity index (χ4n) is 5.42. The minimum Gasteiger partial charge on any atom is -0.460 e. The molecule has 1 N–H and O–H groups in total. The van der Waals surface area contributed by atoms with Crippen molar-refractivity contribution in [3.8, 4) is 0 Å². The third-order valence-electron chi connectivity index (χ3n) is 6.19. The normalized spacial score (nSPS) is 35.8. The summed E-state index contributed by atoms with van der Waals surface area (Å²) in [7, 11) is -5.91. The van der Waals surface area contributed by atoms with Gasteiger partial charge in [0, 0.05) is 9.84 Å². The van der Waals surface area contributed by atoms with Crippen molar-refractivity contribution in [2.24, 2.45) is 17.3 Å². The zero-order valence-electron chi connectivity index (χ0n) is 15.6. The van der Waals surface area contributed by atoms with Crippen LogP contribution in [0.15, 0.2) is 0 Å². The first kappa shape index (κ1) is 23.8. The van der Waals surface area contributed by atoms with Crippen LogP contribution >= 0.6 is 45.2 Å². The Morgan fingerprint density at radius 1 is 1.17 bits per heavy atom. The number of carbonyl (C=O) groups is 2. The molecule has 0 aromatic heterocycles. The van der Waals surface area contributed by atoms with Gasteiger partial charge in [-0.3, -0.25) is 9.35 Å². The first-order valence-electron chi connectivity index (χ1n) is 9.14. The fourth-order valence-corrected chi connectivity index (χ4v) is 6.11. The van der Waals surface area contributed by atoms with Crippen molar-refractivity contribution in [1.29, 1.82) is 0 Å². The SMILES string of the molecule is CC(I)(CI)C(=O)OC12CC3CC(CC(COC(=O)C(F)(F)S(=O)(=O)O)(C3)C1)C2. The Balaban J connectivity index is 1.76. The van der Waals surface area contributed by atoms with Crippen LogP contribution in [-0.4, -0.2) is 50.2 Å². The molecule has 0 aliphatic heterocycles. The van der Waals surface area contributed by atoms with Crippen molar-refractivity contribution in [3.05, 3.63) is 0 Å². The Morgan fingerprint density at radius 2 is 1.72 bits per heavy atom. The highest BCUT2D eigenvalue weighted by Gasteiger charge is 2.61. The monoisotopic (exact) mass is 662 g/mol. The van der Waals surface area contributed by atoms with Crippen molar-refractivity contribution in [2.75, 3.05) is 11.0 Å². The van der Waals surface area contributed by atoms with Crippen molar-refractivity contribution in [2.45, 2.75) is 59.7 Å². The van der Waals surface area contributed by atoms with Crippen LogP contribution in [0.4, 0.5) is 8.78 Å². The average Bonchev–Trinajstić information content (AvgIpc) is 2.57. The molecular formula is C17H22F2I2O7S. The molecule has 4 rings (SSSR count). The lowest BCUT2D eigenvalue weighted by molar-refractivity contribution is -0.213. The number of ether oxygens (including phenoxy) is 2. The van der Waals surface area contributed by atoms with Crippen molar-refractivity contribution < 1.29 is 40.8 Å². The molecule has 29 heavy (non-hydrogen) atoms. The predicted molar refractivity (Wildman–Crippen MR) is 115 cm³/mol. The van der Waals surface area contributed by atoms with Gasteiger partial charge in [-0.1, -0.05) is 45.2 Å². The van der Waals surface area contributed by atoms with E-state index in [2.05, 4.69) is 49.9 Å². The third kappa shape index (κ3) is 4.54. The van der Waals surface area contributed by atoms with Gasteiger partial charge in [0.15, 0.2) is 0 Å². The van der Waals surface area contributed by atoms with Gasteiger partial charge >= 0.3 is 27.3 Å². The third-order valence-corrected chi connectivity index (χ3v) is 10.8. The maximum Gasteiger partial charge on any atom is 0.465 e. The van der Waals surface area contributed by atoms with E-state index >= 15 is 0 Å². The fraction of sp³-hybridized carbons (Fsp3) is 0.882. The zero-order valence-corrected chi connectivity index (χ0v) is 20.8. The van der Waals surface area contributed by atoms with Gasteiger partial charge in [-0.05, 0) is 57.3 Å². The van der Waals surface area contributed by atoms with Gasteiger partial charge in [-0.2, -0.15) is 17.2 Å². The molecule has 3 atom stereocenters. The Labute approximate surface area is 195 Å². The summed E-state index contributed by atoms with van der Waals surface area (Å²) < 4.78 is 67.7. The quantitative estimate of drug-likeness (QED) is 0.193. The smallest absolute Gasteiger partial charge is 0.460 e. The van der Waals surface area contributed by atoms with Crippen LogP contribution in [-0.2, 0) is 29.2 Å². The van der Waals surface area contributed by atoms with Crippen LogP contribution < -0.4 is 0 Å². The summed E-state index contributed by atoms with van der Waals surface area (Å²) in [6.45, 7) is 1.40. The minimum absolute atomic E-state index is 0.227. The lowest BCUT2D eigenvalue weighted by atomic mass is 9.48. The highest BCUT2D eigenvalue weighted by Crippen LogP contribution is 2.63. The molecule has 0 amide bonds. The van der Waals surface area contributed by atoms with E-state index in [1.165, 1.54) is 0 Å². The molecule has 0 radical (unpaired) electrons. The first-order chi connectivity index (χ1) is 13.1. The average molecular weight is 662 g/mol. The molecule has 0 heterocycles. The number of alkyl halides is 4. The number of hydrogen-bond acceptors (Lipinski definition) is 6. The molecule has 4 bridgehead atoms. The summed E-state index contributed by atoms with van der Waals surface area (Å²) in [5.74, 6) is -2.15. The molecule has 4 aliphatic rings. The summed E-state index contributed by atoms with van der Waals surface area (Å²) in [6.07, 6.45) is 4.00. The molecule has 0 saturated heterocycles. The summed E-state index contributed by atoms with van der Waals surface area (Å²) in [5.41, 5.74) is -1.35. The second-order valence-electron chi connectivity index (χ2n) is 8.93. The van der Waals surface area contributed by atoms with Gasteiger partial charge in [0.2, 0.25) is 0 Å². The number of esters is 2. The first-order valence-corrected chi connectivity index (χ1v) is 13.2. The van der Waals surface area contributed by atoms with E-state index in [1.807, 2.05) is 0 Å². The summed E-state index contributed by atoms with van der Waals surface area (Å²) >= 11 is 4.17. The molecule has 4 fully saturated rings. The van der Waals surface area contributed by atoms with Crippen LogP contribution in [0.1, 0.15) is 45.4 Å². The maximum absolute atomic E-state index is 13.5. The molecule has 0 aromatic carbocycles. The van der Waals surface area contributed by atoms with Crippen LogP contribution in [0.2, 0.25) is 0 Å². The van der Waals surface area contributed by atoms with Gasteiger partial charge < -0.3 is 9.47 Å². The molecule has 0 spiro atoms. The van der Waals surface area contributed by atoms with Crippen molar-refractivity contribution in [3.63, 3.8) is 0 Å². The van der Waals surface area contributed by atoms with Gasteiger partial charge in [0.25, 0.3) is 0 Å². The number of hydrogen-bond donors (Lipinski definition) is 1. The van der Waals surface area contributed by atoms with E-state index in [0.29, 0.717) is 36.5 Å². The largest absolute Gasteiger partial charge is 0.465 e. The second kappa shape index (κ2) is 7.64. The van der Waals surface area contributed by atoms with Crippen LogP contribution in [0.3, 0.4) is 0 Å². The van der Waals surface area contributed by atoms with Crippen molar-refractivity contribution >= 4 is 67.2 Å². The van der Waals surface area contributed by atoms with Gasteiger partial charge in [-0.25, -0.2) is 4.79 Å². The Bertz CT molecular complexity index is 801. The molecule has 166 valence electrons. The summed E-state index contributed by atoms with van der Waals surface area (Å²) in [5, 5.41) is -5.01. The van der Waals surface area contributed by atoms with E-state index in [-0.39, 0.29) is 17.8 Å². The molecule has 12 heteroatoms. The van der Waals surface area contributed by atoms with Crippen LogP contribution in [0.25, 0.3) is 0 Å². The van der Waals surface area contributed by atoms with Gasteiger partial charge in [0.05, 0.1) is 6.61 Å². The Hall–Kier alpha value is 0.170. The molecular weight excluding hydrogens is 640 g/mol. The zero-order chi connectivity index (χ0) is 21.9. The van der Waals surface area contributed by atoms with E-state index in [9.17, 15) is 26.8 Å². The van der Waals surface area contributed by atoms with Crippen LogP contribution in [0.5, 0.6) is 0 Å². The molecule has 4 aliphatic carbocycles. The van der Waals surface area contributed by atoms with E-state index in [4.69, 9.17) is 9.29 Å². The molecule has 0 aromatic rings. The highest BCUT2D eigenvalue weighted by molar-refractivity contribution is 14.1. The Morgan fingerprint density at radius 3 is 2.21 bits per heavy atom. The molecule has 4 saturated carbocycles. The van der Waals surface area contributed by atoms with Crippen LogP contribution in [0, 0.1) is 17.3 Å². The number of carbonyl (C=O) groups excluding carboxylic acids is 2. The summed E-state index contributed by atoms with van der Waals surface area (Å²) in [4.78, 5) is 24.3. The standard InChI is InChI=1S/C17H22F2I2O7S/c1-14(21,8-20)12(22)28-16-5-10-2-11(6-16)4-15(3-10,7-16)9-27-13(23)17(18,19)29(24,25)26/h10-11H,2-9H2,1H3,(H,24,25,26). The van der Waals surface area contributed by atoms with Crippen molar-refractivity contribution in [1.82, 2.24) is 0 Å². The van der Waals surface area contributed by atoms with E-state index < -0.39 is 42.4 Å².